The Morgan fingerprint density at radius 1 is 1.29 bits per heavy atom. The van der Waals surface area contributed by atoms with Crippen molar-refractivity contribution < 1.29 is 9.90 Å². The Kier molecular flexibility index (Phi) is 3.97. The lowest BCUT2D eigenvalue weighted by molar-refractivity contribution is -0.137. The molecule has 1 aliphatic rings. The Balaban J connectivity index is 1.91. The molecule has 0 aliphatic heterocycles. The molecule has 0 saturated carbocycles. The van der Waals surface area contributed by atoms with Crippen molar-refractivity contribution in [2.45, 2.75) is 32.1 Å². The molecule has 1 atom stereocenters. The van der Waals surface area contributed by atoms with Gasteiger partial charge in [0.25, 0.3) is 0 Å². The van der Waals surface area contributed by atoms with E-state index in [1.165, 1.54) is 11.1 Å². The smallest absolute Gasteiger partial charge is 0.303 e. The summed E-state index contributed by atoms with van der Waals surface area (Å²) in [5.41, 5.74) is 2.72. The molecule has 1 aromatic rings. The molecule has 0 bridgehead atoms. The second kappa shape index (κ2) is 5.67. The van der Waals surface area contributed by atoms with Crippen molar-refractivity contribution in [3.63, 3.8) is 0 Å². The van der Waals surface area contributed by atoms with Crippen molar-refractivity contribution >= 4 is 11.5 Å². The summed E-state index contributed by atoms with van der Waals surface area (Å²) in [5.74, 6) is -0.124. The molecule has 1 N–H and O–H groups in total. The quantitative estimate of drug-likeness (QED) is 0.855. The summed E-state index contributed by atoms with van der Waals surface area (Å²) >= 11 is 0. The van der Waals surface area contributed by atoms with Crippen LogP contribution in [0.15, 0.2) is 36.4 Å². The van der Waals surface area contributed by atoms with Crippen LogP contribution in [0.3, 0.4) is 0 Å². The standard InChI is InChI=1S/C15H18O2/c16-15(17)11-8-12-6-9-14(10-7-12)13-4-2-1-3-5-13/h1-5,9,12H,6-8,10-11H2,(H,16,17). The summed E-state index contributed by atoms with van der Waals surface area (Å²) in [6.45, 7) is 0. The maximum Gasteiger partial charge on any atom is 0.303 e. The van der Waals surface area contributed by atoms with Crippen molar-refractivity contribution in [1.29, 1.82) is 0 Å². The normalized spacial score (nSPS) is 19.8. The highest BCUT2D eigenvalue weighted by molar-refractivity contribution is 5.67. The first-order valence-corrected chi connectivity index (χ1v) is 6.22. The van der Waals surface area contributed by atoms with Gasteiger partial charge in [0, 0.05) is 6.42 Å². The zero-order chi connectivity index (χ0) is 12.1. The van der Waals surface area contributed by atoms with Crippen LogP contribution >= 0.6 is 0 Å². The van der Waals surface area contributed by atoms with Crippen molar-refractivity contribution in [2.24, 2.45) is 5.92 Å². The number of hydrogen-bond acceptors (Lipinski definition) is 1. The maximum atomic E-state index is 10.5. The van der Waals surface area contributed by atoms with Gasteiger partial charge in [0.2, 0.25) is 0 Å². The minimum Gasteiger partial charge on any atom is -0.481 e. The molecule has 0 saturated heterocycles. The summed E-state index contributed by atoms with van der Waals surface area (Å²) in [4.78, 5) is 10.5. The van der Waals surface area contributed by atoms with Gasteiger partial charge in [-0.3, -0.25) is 4.79 Å². The lowest BCUT2D eigenvalue weighted by Gasteiger charge is -2.21. The van der Waals surface area contributed by atoms with Gasteiger partial charge in [0.05, 0.1) is 0 Å². The molecule has 2 rings (SSSR count). The van der Waals surface area contributed by atoms with E-state index >= 15 is 0 Å². The summed E-state index contributed by atoms with van der Waals surface area (Å²) in [5, 5.41) is 8.66. The van der Waals surface area contributed by atoms with Crippen LogP contribution in [0.25, 0.3) is 5.57 Å². The predicted octanol–water partition coefficient (Wildman–Crippen LogP) is 3.73. The first kappa shape index (κ1) is 11.9. The second-order valence-corrected chi connectivity index (χ2v) is 4.67. The minimum absolute atomic E-state index is 0.305. The highest BCUT2D eigenvalue weighted by Gasteiger charge is 2.16. The molecule has 2 nitrogen and oxygen atoms in total. The van der Waals surface area contributed by atoms with Gasteiger partial charge < -0.3 is 5.11 Å². The number of allylic oxidation sites excluding steroid dienone is 2. The van der Waals surface area contributed by atoms with E-state index in [2.05, 4.69) is 30.3 Å². The topological polar surface area (TPSA) is 37.3 Å². The average molecular weight is 230 g/mol. The Morgan fingerprint density at radius 2 is 2.06 bits per heavy atom. The van der Waals surface area contributed by atoms with Crippen LogP contribution in [-0.2, 0) is 4.79 Å². The molecule has 0 amide bonds. The fourth-order valence-electron chi connectivity index (χ4n) is 2.39. The van der Waals surface area contributed by atoms with Gasteiger partial charge in [0.15, 0.2) is 0 Å². The van der Waals surface area contributed by atoms with Gasteiger partial charge >= 0.3 is 5.97 Å². The first-order chi connectivity index (χ1) is 8.25. The molecule has 0 radical (unpaired) electrons. The molecule has 0 heterocycles. The van der Waals surface area contributed by atoms with Crippen LogP contribution in [0.5, 0.6) is 0 Å². The molecule has 1 aliphatic carbocycles. The predicted molar refractivity (Wildman–Crippen MR) is 68.6 cm³/mol. The van der Waals surface area contributed by atoms with Gasteiger partial charge in [0.1, 0.15) is 0 Å². The van der Waals surface area contributed by atoms with Crippen molar-refractivity contribution in [2.75, 3.05) is 0 Å². The fourth-order valence-corrected chi connectivity index (χ4v) is 2.39. The lowest BCUT2D eigenvalue weighted by Crippen LogP contribution is -2.08. The number of benzene rings is 1. The number of aliphatic carboxylic acids is 1. The molecule has 0 fully saturated rings. The molecule has 17 heavy (non-hydrogen) atoms. The molecule has 0 aromatic heterocycles. The third-order valence-corrected chi connectivity index (χ3v) is 3.43. The van der Waals surface area contributed by atoms with E-state index in [1.54, 1.807) is 0 Å². The van der Waals surface area contributed by atoms with Crippen LogP contribution in [0.1, 0.15) is 37.7 Å². The molecule has 0 spiro atoms. The first-order valence-electron chi connectivity index (χ1n) is 6.22. The van der Waals surface area contributed by atoms with E-state index < -0.39 is 5.97 Å². The fraction of sp³-hybridized carbons (Fsp3) is 0.400. The summed E-state index contributed by atoms with van der Waals surface area (Å²) < 4.78 is 0. The Bertz CT molecular complexity index is 406. The molecular weight excluding hydrogens is 212 g/mol. The number of rotatable bonds is 4. The van der Waals surface area contributed by atoms with Crippen molar-refractivity contribution in [3.8, 4) is 0 Å². The SMILES string of the molecule is O=C(O)CCC1CC=C(c2ccccc2)CC1. The highest BCUT2D eigenvalue weighted by atomic mass is 16.4. The van der Waals surface area contributed by atoms with Crippen LogP contribution in [-0.4, -0.2) is 11.1 Å². The summed E-state index contributed by atoms with van der Waals surface area (Å²) in [7, 11) is 0. The van der Waals surface area contributed by atoms with Gasteiger partial charge in [-0.1, -0.05) is 36.4 Å². The molecule has 1 unspecified atom stereocenters. The van der Waals surface area contributed by atoms with E-state index in [-0.39, 0.29) is 0 Å². The van der Waals surface area contributed by atoms with E-state index in [0.29, 0.717) is 12.3 Å². The highest BCUT2D eigenvalue weighted by Crippen LogP contribution is 2.32. The van der Waals surface area contributed by atoms with E-state index in [0.717, 1.165) is 25.7 Å². The second-order valence-electron chi connectivity index (χ2n) is 4.67. The van der Waals surface area contributed by atoms with Gasteiger partial charge in [-0.15, -0.1) is 0 Å². The Morgan fingerprint density at radius 3 is 2.65 bits per heavy atom. The zero-order valence-corrected chi connectivity index (χ0v) is 9.93. The summed E-state index contributed by atoms with van der Waals surface area (Å²) in [6, 6.07) is 10.4. The minimum atomic E-state index is -0.678. The van der Waals surface area contributed by atoms with Gasteiger partial charge in [-0.05, 0) is 42.7 Å². The van der Waals surface area contributed by atoms with Crippen molar-refractivity contribution in [1.82, 2.24) is 0 Å². The molecule has 90 valence electrons. The lowest BCUT2D eigenvalue weighted by atomic mass is 9.84. The van der Waals surface area contributed by atoms with Crippen LogP contribution in [0.4, 0.5) is 0 Å². The average Bonchev–Trinajstić information content (AvgIpc) is 2.38. The zero-order valence-electron chi connectivity index (χ0n) is 9.93. The number of carboxylic acids is 1. The van der Waals surface area contributed by atoms with Crippen LogP contribution in [0, 0.1) is 5.92 Å². The van der Waals surface area contributed by atoms with E-state index in [9.17, 15) is 4.79 Å². The monoisotopic (exact) mass is 230 g/mol. The number of carboxylic acid groups (broad SMARTS) is 1. The number of hydrogen-bond donors (Lipinski definition) is 1. The van der Waals surface area contributed by atoms with Crippen LogP contribution in [0.2, 0.25) is 0 Å². The van der Waals surface area contributed by atoms with E-state index in [1.807, 2.05) is 6.07 Å². The largest absolute Gasteiger partial charge is 0.481 e. The molecule has 1 aromatic carbocycles. The van der Waals surface area contributed by atoms with Gasteiger partial charge in [-0.25, -0.2) is 0 Å². The molecule has 2 heteroatoms. The van der Waals surface area contributed by atoms with Crippen LogP contribution < -0.4 is 0 Å². The number of carbonyl (C=O) groups is 1. The Hall–Kier alpha value is -1.57. The molecular formula is C15H18O2. The van der Waals surface area contributed by atoms with Gasteiger partial charge in [-0.2, -0.15) is 0 Å². The third-order valence-electron chi connectivity index (χ3n) is 3.43. The third kappa shape index (κ3) is 3.45. The summed E-state index contributed by atoms with van der Waals surface area (Å²) in [6.07, 6.45) is 6.62. The van der Waals surface area contributed by atoms with Crippen molar-refractivity contribution in [3.05, 3.63) is 42.0 Å². The Labute approximate surface area is 102 Å². The van der Waals surface area contributed by atoms with E-state index in [4.69, 9.17) is 5.11 Å². The maximum absolute atomic E-state index is 10.5.